The molecule has 0 aliphatic heterocycles. The summed E-state index contributed by atoms with van der Waals surface area (Å²) in [6.07, 6.45) is 2.84. The number of aromatic nitrogens is 4. The smallest absolute Gasteiger partial charge is 0.141 e. The summed E-state index contributed by atoms with van der Waals surface area (Å²) < 4.78 is 0. The van der Waals surface area contributed by atoms with Gasteiger partial charge in [-0.05, 0) is 31.0 Å². The fraction of sp³-hybridized carbons (Fsp3) is 0.231. The largest absolute Gasteiger partial charge is 0.338 e. The zero-order valence-electron chi connectivity index (χ0n) is 9.91. The molecule has 0 saturated heterocycles. The second-order valence-electron chi connectivity index (χ2n) is 4.20. The monoisotopic (exact) mass is 226 g/mol. The van der Waals surface area contributed by atoms with Crippen LogP contribution < -0.4 is 0 Å². The van der Waals surface area contributed by atoms with Gasteiger partial charge in [-0.25, -0.2) is 4.98 Å². The number of nitrogens with zero attached hydrogens (tertiary/aromatic N) is 2. The zero-order valence-corrected chi connectivity index (χ0v) is 9.91. The molecule has 0 fully saturated rings. The highest BCUT2D eigenvalue weighted by Gasteiger charge is 2.09. The van der Waals surface area contributed by atoms with Crippen LogP contribution in [0.2, 0.25) is 0 Å². The Morgan fingerprint density at radius 1 is 1.29 bits per heavy atom. The fourth-order valence-electron chi connectivity index (χ4n) is 1.99. The highest BCUT2D eigenvalue weighted by Crippen LogP contribution is 2.22. The first kappa shape index (κ1) is 10.1. The molecule has 0 unspecified atom stereocenters. The number of imidazole rings is 1. The molecule has 2 heterocycles. The quantitative estimate of drug-likeness (QED) is 0.706. The van der Waals surface area contributed by atoms with Gasteiger partial charge in [-0.3, -0.25) is 5.10 Å². The highest BCUT2D eigenvalue weighted by atomic mass is 15.1. The van der Waals surface area contributed by atoms with Crippen molar-refractivity contribution in [2.24, 2.45) is 0 Å². The van der Waals surface area contributed by atoms with E-state index < -0.39 is 0 Å². The molecule has 4 nitrogen and oxygen atoms in total. The second-order valence-corrected chi connectivity index (χ2v) is 4.20. The first-order valence-electron chi connectivity index (χ1n) is 5.77. The van der Waals surface area contributed by atoms with Crippen molar-refractivity contribution in [3.8, 4) is 11.4 Å². The van der Waals surface area contributed by atoms with Gasteiger partial charge >= 0.3 is 0 Å². The minimum absolute atomic E-state index is 0.875. The van der Waals surface area contributed by atoms with Crippen molar-refractivity contribution in [2.75, 3.05) is 0 Å². The van der Waals surface area contributed by atoms with Crippen LogP contribution in [0.25, 0.3) is 22.4 Å². The molecule has 4 heteroatoms. The molecular formula is C13H14N4. The minimum atomic E-state index is 0.875. The lowest BCUT2D eigenvalue weighted by atomic mass is 10.1. The second kappa shape index (κ2) is 3.73. The minimum Gasteiger partial charge on any atom is -0.338 e. The maximum absolute atomic E-state index is 4.58. The van der Waals surface area contributed by atoms with Crippen LogP contribution in [0.4, 0.5) is 0 Å². The Balaban J connectivity index is 2.17. The highest BCUT2D eigenvalue weighted by molar-refractivity contribution is 5.80. The van der Waals surface area contributed by atoms with Crippen LogP contribution in [0.15, 0.2) is 24.4 Å². The molecule has 1 aromatic carbocycles. The van der Waals surface area contributed by atoms with Crippen molar-refractivity contribution in [1.29, 1.82) is 0 Å². The molecule has 3 rings (SSSR count). The number of fused-ring (bicyclic) bond motifs is 1. The predicted molar refractivity (Wildman–Crippen MR) is 67.8 cm³/mol. The van der Waals surface area contributed by atoms with Crippen LogP contribution in [-0.2, 0) is 6.42 Å². The number of rotatable bonds is 2. The summed E-state index contributed by atoms with van der Waals surface area (Å²) in [5.41, 5.74) is 5.45. The molecule has 0 saturated carbocycles. The van der Waals surface area contributed by atoms with E-state index in [0.717, 1.165) is 34.5 Å². The third-order valence-corrected chi connectivity index (χ3v) is 3.04. The van der Waals surface area contributed by atoms with Crippen LogP contribution in [-0.4, -0.2) is 20.2 Å². The Labute approximate surface area is 99.1 Å². The van der Waals surface area contributed by atoms with E-state index in [1.807, 2.05) is 6.92 Å². The summed E-state index contributed by atoms with van der Waals surface area (Å²) in [6.45, 7) is 4.14. The zero-order chi connectivity index (χ0) is 11.8. The van der Waals surface area contributed by atoms with Crippen molar-refractivity contribution < 1.29 is 0 Å². The van der Waals surface area contributed by atoms with Gasteiger partial charge in [-0.2, -0.15) is 5.10 Å². The maximum atomic E-state index is 4.58. The van der Waals surface area contributed by atoms with E-state index in [1.54, 1.807) is 6.20 Å². The molecule has 0 spiro atoms. The number of hydrogen-bond acceptors (Lipinski definition) is 2. The Hall–Kier alpha value is -2.10. The SMILES string of the molecule is CCc1ccc2nc(-c3cn[nH]c3C)[nH]c2c1. The molecule has 0 radical (unpaired) electrons. The number of aromatic amines is 2. The van der Waals surface area contributed by atoms with Crippen LogP contribution in [0.3, 0.4) is 0 Å². The van der Waals surface area contributed by atoms with Crippen molar-refractivity contribution in [2.45, 2.75) is 20.3 Å². The molecular weight excluding hydrogens is 212 g/mol. The van der Waals surface area contributed by atoms with E-state index in [-0.39, 0.29) is 0 Å². The molecule has 2 N–H and O–H groups in total. The normalized spacial score (nSPS) is 11.2. The number of benzene rings is 1. The lowest BCUT2D eigenvalue weighted by Crippen LogP contribution is -1.80. The van der Waals surface area contributed by atoms with E-state index in [9.17, 15) is 0 Å². The van der Waals surface area contributed by atoms with Gasteiger partial charge in [0, 0.05) is 5.69 Å². The van der Waals surface area contributed by atoms with E-state index in [1.165, 1.54) is 5.56 Å². The molecule has 0 aliphatic rings. The van der Waals surface area contributed by atoms with E-state index in [2.05, 4.69) is 45.3 Å². The van der Waals surface area contributed by atoms with Gasteiger partial charge < -0.3 is 4.98 Å². The predicted octanol–water partition coefficient (Wildman–Crippen LogP) is 2.82. The lowest BCUT2D eigenvalue weighted by Gasteiger charge is -1.94. The van der Waals surface area contributed by atoms with Crippen LogP contribution in [0.5, 0.6) is 0 Å². The summed E-state index contributed by atoms with van der Waals surface area (Å²) in [5.74, 6) is 0.875. The Morgan fingerprint density at radius 2 is 2.18 bits per heavy atom. The van der Waals surface area contributed by atoms with Gasteiger partial charge in [0.1, 0.15) is 5.82 Å². The first-order chi connectivity index (χ1) is 8.28. The third-order valence-electron chi connectivity index (χ3n) is 3.04. The van der Waals surface area contributed by atoms with Crippen LogP contribution in [0, 0.1) is 6.92 Å². The topological polar surface area (TPSA) is 57.4 Å². The molecule has 3 aromatic rings. The van der Waals surface area contributed by atoms with Gasteiger partial charge in [0.05, 0.1) is 22.8 Å². The van der Waals surface area contributed by atoms with Crippen molar-refractivity contribution in [1.82, 2.24) is 20.2 Å². The Morgan fingerprint density at radius 3 is 2.88 bits per heavy atom. The number of nitrogens with one attached hydrogen (secondary N) is 2. The number of hydrogen-bond donors (Lipinski definition) is 2. The fourth-order valence-corrected chi connectivity index (χ4v) is 1.99. The summed E-state index contributed by atoms with van der Waals surface area (Å²) in [6, 6.07) is 6.33. The lowest BCUT2D eigenvalue weighted by molar-refractivity contribution is 1.05. The summed E-state index contributed by atoms with van der Waals surface area (Å²) >= 11 is 0. The Bertz CT molecular complexity index is 663. The van der Waals surface area contributed by atoms with Crippen molar-refractivity contribution >= 4 is 11.0 Å². The van der Waals surface area contributed by atoms with Crippen molar-refractivity contribution in [3.05, 3.63) is 35.7 Å². The molecule has 0 amide bonds. The number of aryl methyl sites for hydroxylation is 2. The maximum Gasteiger partial charge on any atom is 0.141 e. The average molecular weight is 226 g/mol. The Kier molecular flexibility index (Phi) is 2.21. The average Bonchev–Trinajstić information content (AvgIpc) is 2.93. The van der Waals surface area contributed by atoms with Crippen molar-refractivity contribution in [3.63, 3.8) is 0 Å². The third kappa shape index (κ3) is 1.62. The van der Waals surface area contributed by atoms with E-state index in [0.29, 0.717) is 0 Å². The number of H-pyrrole nitrogens is 2. The van der Waals surface area contributed by atoms with Gasteiger partial charge in [0.25, 0.3) is 0 Å². The van der Waals surface area contributed by atoms with Crippen LogP contribution in [0.1, 0.15) is 18.2 Å². The molecule has 0 bridgehead atoms. The van der Waals surface area contributed by atoms with E-state index in [4.69, 9.17) is 0 Å². The van der Waals surface area contributed by atoms with E-state index >= 15 is 0 Å². The molecule has 86 valence electrons. The van der Waals surface area contributed by atoms with Gasteiger partial charge in [-0.1, -0.05) is 13.0 Å². The molecule has 17 heavy (non-hydrogen) atoms. The summed E-state index contributed by atoms with van der Waals surface area (Å²) in [5, 5.41) is 6.94. The van der Waals surface area contributed by atoms with Gasteiger partial charge in [0.15, 0.2) is 0 Å². The molecule has 2 aromatic heterocycles. The standard InChI is InChI=1S/C13H14N4/c1-3-9-4-5-11-12(6-9)16-13(15-11)10-7-14-17-8(10)2/h4-7H,3H2,1-2H3,(H,14,17)(H,15,16). The summed E-state index contributed by atoms with van der Waals surface area (Å²) in [7, 11) is 0. The first-order valence-corrected chi connectivity index (χ1v) is 5.77. The van der Waals surface area contributed by atoms with Gasteiger partial charge in [0.2, 0.25) is 0 Å². The molecule has 0 atom stereocenters. The van der Waals surface area contributed by atoms with Crippen LogP contribution >= 0.6 is 0 Å². The summed E-state index contributed by atoms with van der Waals surface area (Å²) in [4.78, 5) is 7.92. The molecule has 0 aliphatic carbocycles. The van der Waals surface area contributed by atoms with Gasteiger partial charge in [-0.15, -0.1) is 0 Å².